The minimum Gasteiger partial charge on any atom is -0.767 e. The summed E-state index contributed by atoms with van der Waals surface area (Å²) in [5.41, 5.74) is 8.01. The second kappa shape index (κ2) is 10.2. The van der Waals surface area contributed by atoms with Gasteiger partial charge in [0.15, 0.2) is 16.8 Å². The highest BCUT2D eigenvalue weighted by Crippen LogP contribution is 2.39. The molecule has 1 atom stereocenters. The van der Waals surface area contributed by atoms with Gasteiger partial charge in [-0.25, -0.2) is 18.7 Å². The predicted octanol–water partition coefficient (Wildman–Crippen LogP) is 4.21. The number of aromatic nitrogens is 2. The predicted molar refractivity (Wildman–Crippen MR) is 119 cm³/mol. The molecule has 0 aliphatic heterocycles. The smallest absolute Gasteiger partial charge is 0.221 e. The molecule has 1 aromatic carbocycles. The fourth-order valence-corrected chi connectivity index (χ4v) is 4.40. The van der Waals surface area contributed by atoms with Crippen LogP contribution in [0.25, 0.3) is 11.3 Å². The van der Waals surface area contributed by atoms with E-state index in [1.54, 1.807) is 19.1 Å². The standard InChI is InChI=1S/C13H12F2N2S.C8H10N2O3S/c14-9-4-3-8(6-10(9)15)12-11(5-7-1-2-7)18-13(16)17-12;1-5-3-7(10-6(2)11)4-9-8(5)14(12)13/h3-4,6-7H,1-2,5H2,(H2,16,17);3-4H,1-2H3,(H,10,11)(H,12,13)/p-1. The number of thiazole rings is 1. The number of nitrogens with one attached hydrogen (secondary N) is 1. The molecule has 1 unspecified atom stereocenters. The number of aryl methyl sites for hydroxylation is 1. The normalized spacial score (nSPS) is 13.8. The average molecular weight is 480 g/mol. The molecule has 7 nitrogen and oxygen atoms in total. The van der Waals surface area contributed by atoms with E-state index in [9.17, 15) is 22.3 Å². The molecule has 3 aromatic rings. The Hall–Kier alpha value is -2.76. The van der Waals surface area contributed by atoms with Crippen molar-refractivity contribution in [2.45, 2.75) is 38.1 Å². The number of nitrogens with two attached hydrogens (primary N) is 1. The second-order valence-corrected chi connectivity index (χ2v) is 9.33. The Morgan fingerprint density at radius 2 is 2.03 bits per heavy atom. The number of pyridine rings is 1. The van der Waals surface area contributed by atoms with Crippen LogP contribution in [-0.4, -0.2) is 24.6 Å². The lowest BCUT2D eigenvalue weighted by Gasteiger charge is -2.09. The van der Waals surface area contributed by atoms with Crippen LogP contribution in [0.3, 0.4) is 0 Å². The summed E-state index contributed by atoms with van der Waals surface area (Å²) in [4.78, 5) is 19.7. The molecule has 0 saturated heterocycles. The fraction of sp³-hybridized carbons (Fsp3) is 0.286. The van der Waals surface area contributed by atoms with Gasteiger partial charge >= 0.3 is 0 Å². The maximum Gasteiger partial charge on any atom is 0.221 e. The lowest BCUT2D eigenvalue weighted by Crippen LogP contribution is -2.07. The average Bonchev–Trinajstić information content (AvgIpc) is 3.44. The molecule has 1 fully saturated rings. The Morgan fingerprint density at radius 3 is 2.59 bits per heavy atom. The molecule has 1 saturated carbocycles. The Kier molecular flexibility index (Phi) is 7.64. The summed E-state index contributed by atoms with van der Waals surface area (Å²) >= 11 is -0.897. The molecule has 0 radical (unpaired) electrons. The largest absolute Gasteiger partial charge is 0.767 e. The molecule has 2 heterocycles. The topological polar surface area (TPSA) is 121 Å². The molecule has 0 bridgehead atoms. The van der Waals surface area contributed by atoms with Gasteiger partial charge in [0, 0.05) is 17.4 Å². The number of rotatable bonds is 5. The SMILES string of the molecule is CC(=O)Nc1cnc(S(=O)[O-])c(C)c1.Nc1nc(-c2ccc(F)c(F)c2)c(CC2CC2)s1. The summed E-state index contributed by atoms with van der Waals surface area (Å²) < 4.78 is 47.4. The van der Waals surface area contributed by atoms with E-state index >= 15 is 0 Å². The molecule has 1 aliphatic rings. The van der Waals surface area contributed by atoms with Gasteiger partial charge in [0.1, 0.15) is 5.03 Å². The summed E-state index contributed by atoms with van der Waals surface area (Å²) in [6.07, 6.45) is 4.70. The molecule has 4 rings (SSSR count). The highest BCUT2D eigenvalue weighted by atomic mass is 32.2. The van der Waals surface area contributed by atoms with Crippen LogP contribution in [0.2, 0.25) is 0 Å². The van der Waals surface area contributed by atoms with Gasteiger partial charge in [-0.15, -0.1) is 11.3 Å². The highest BCUT2D eigenvalue weighted by molar-refractivity contribution is 7.79. The van der Waals surface area contributed by atoms with Crippen molar-refractivity contribution in [3.8, 4) is 11.3 Å². The van der Waals surface area contributed by atoms with Crippen molar-refractivity contribution in [1.29, 1.82) is 0 Å². The van der Waals surface area contributed by atoms with E-state index < -0.39 is 22.7 Å². The number of nitrogen functional groups attached to an aromatic ring is 1. The minimum atomic E-state index is -2.34. The van der Waals surface area contributed by atoms with Crippen LogP contribution < -0.4 is 11.1 Å². The first-order valence-electron chi connectivity index (χ1n) is 9.68. The number of halogens is 2. The Bertz CT molecular complexity index is 1170. The van der Waals surface area contributed by atoms with Crippen molar-refractivity contribution >= 4 is 39.1 Å². The molecule has 0 spiro atoms. The fourth-order valence-electron chi connectivity index (χ4n) is 2.97. The number of hydrogen-bond donors (Lipinski definition) is 2. The number of hydrogen-bond acceptors (Lipinski definition) is 7. The van der Waals surface area contributed by atoms with Gasteiger partial charge in [-0.2, -0.15) is 0 Å². The Balaban J connectivity index is 0.000000188. The van der Waals surface area contributed by atoms with Crippen molar-refractivity contribution in [3.05, 3.63) is 52.5 Å². The minimum absolute atomic E-state index is 0.000831. The van der Waals surface area contributed by atoms with Crippen LogP contribution in [-0.2, 0) is 22.3 Å². The summed E-state index contributed by atoms with van der Waals surface area (Å²) in [6, 6.07) is 5.41. The van der Waals surface area contributed by atoms with Crippen LogP contribution in [0.1, 0.15) is 30.2 Å². The Labute approximate surface area is 190 Å². The summed E-state index contributed by atoms with van der Waals surface area (Å²) in [5, 5.41) is 2.99. The van der Waals surface area contributed by atoms with Crippen molar-refractivity contribution in [1.82, 2.24) is 9.97 Å². The summed E-state index contributed by atoms with van der Waals surface area (Å²) in [7, 11) is 0. The van der Waals surface area contributed by atoms with E-state index in [4.69, 9.17) is 5.73 Å². The third-order valence-corrected chi connectivity index (χ3v) is 6.24. The van der Waals surface area contributed by atoms with Crippen molar-refractivity contribution in [3.63, 3.8) is 0 Å². The Morgan fingerprint density at radius 1 is 1.31 bits per heavy atom. The number of nitrogens with zero attached hydrogens (tertiary/aromatic N) is 2. The van der Waals surface area contributed by atoms with Crippen molar-refractivity contribution in [2.75, 3.05) is 11.1 Å². The zero-order valence-corrected chi connectivity index (χ0v) is 19.0. The molecule has 3 N–H and O–H groups in total. The first-order valence-corrected chi connectivity index (χ1v) is 11.6. The second-order valence-electron chi connectivity index (χ2n) is 7.36. The molecule has 2 aromatic heterocycles. The third kappa shape index (κ3) is 6.38. The van der Waals surface area contributed by atoms with Crippen LogP contribution in [0.4, 0.5) is 19.6 Å². The lowest BCUT2D eigenvalue weighted by atomic mass is 10.1. The molecular weight excluding hydrogens is 458 g/mol. The van der Waals surface area contributed by atoms with Gasteiger partial charge in [0.2, 0.25) is 5.91 Å². The zero-order valence-electron chi connectivity index (χ0n) is 17.4. The number of benzene rings is 1. The maximum atomic E-state index is 13.2. The molecule has 170 valence electrons. The molecular formula is C21H21F2N4O3S2-. The number of carbonyl (C=O) groups excluding carboxylic acids is 1. The summed E-state index contributed by atoms with van der Waals surface area (Å²) in [5.74, 6) is -1.21. The molecule has 1 aliphatic carbocycles. The first-order chi connectivity index (χ1) is 15.1. The molecule has 11 heteroatoms. The van der Waals surface area contributed by atoms with Crippen molar-refractivity contribution < 1.29 is 22.3 Å². The monoisotopic (exact) mass is 479 g/mol. The van der Waals surface area contributed by atoms with Gasteiger partial charge in [0.05, 0.1) is 17.6 Å². The highest BCUT2D eigenvalue weighted by Gasteiger charge is 2.25. The number of amides is 1. The number of anilines is 2. The van der Waals surface area contributed by atoms with Gasteiger partial charge in [-0.1, -0.05) is 0 Å². The molecule has 1 amide bonds. The van der Waals surface area contributed by atoms with Gasteiger partial charge in [-0.05, 0) is 73.0 Å². The van der Waals surface area contributed by atoms with Crippen molar-refractivity contribution in [2.24, 2.45) is 5.92 Å². The van der Waals surface area contributed by atoms with E-state index in [-0.39, 0.29) is 10.9 Å². The first kappa shape index (κ1) is 23.9. The molecule has 32 heavy (non-hydrogen) atoms. The summed E-state index contributed by atoms with van der Waals surface area (Å²) in [6.45, 7) is 2.98. The van der Waals surface area contributed by atoms with Gasteiger partial charge < -0.3 is 15.6 Å². The van der Waals surface area contributed by atoms with E-state index in [0.717, 1.165) is 17.4 Å². The van der Waals surface area contributed by atoms with Crippen LogP contribution >= 0.6 is 11.3 Å². The lowest BCUT2D eigenvalue weighted by molar-refractivity contribution is -0.114. The van der Waals surface area contributed by atoms with Crippen LogP contribution in [0, 0.1) is 24.5 Å². The maximum absolute atomic E-state index is 13.2. The van der Waals surface area contributed by atoms with Gasteiger partial charge in [0.25, 0.3) is 0 Å². The van der Waals surface area contributed by atoms with Crippen LogP contribution in [0.5, 0.6) is 0 Å². The quantitative estimate of drug-likeness (QED) is 0.529. The van der Waals surface area contributed by atoms with E-state index in [2.05, 4.69) is 15.3 Å². The van der Waals surface area contributed by atoms with E-state index in [1.807, 2.05) is 0 Å². The van der Waals surface area contributed by atoms with E-state index in [1.165, 1.54) is 43.4 Å². The third-order valence-electron chi connectivity index (χ3n) is 4.59. The van der Waals surface area contributed by atoms with Crippen LogP contribution in [0.15, 0.2) is 35.5 Å². The number of carbonyl (C=O) groups is 1. The van der Waals surface area contributed by atoms with E-state index in [0.29, 0.717) is 33.6 Å². The zero-order chi connectivity index (χ0) is 23.4. The van der Waals surface area contributed by atoms with Gasteiger partial charge in [-0.3, -0.25) is 9.00 Å².